The number of amides is 1. The first-order valence-corrected chi connectivity index (χ1v) is 16.0. The van der Waals surface area contributed by atoms with Crippen molar-refractivity contribution in [2.45, 2.75) is 22.7 Å². The largest absolute Gasteiger partial charge is 0.507 e. The molecule has 0 spiro atoms. The fourth-order valence-electron chi connectivity index (χ4n) is 4.89. The van der Waals surface area contributed by atoms with Crippen molar-refractivity contribution in [2.75, 3.05) is 12.0 Å². The fourth-order valence-corrected chi connectivity index (χ4v) is 6.84. The molecule has 226 valence electrons. The van der Waals surface area contributed by atoms with Gasteiger partial charge >= 0.3 is 5.91 Å². The van der Waals surface area contributed by atoms with Gasteiger partial charge in [-0.05, 0) is 41.0 Å². The lowest BCUT2D eigenvalue weighted by Crippen LogP contribution is -2.29. The van der Waals surface area contributed by atoms with Crippen molar-refractivity contribution in [3.63, 3.8) is 0 Å². The summed E-state index contributed by atoms with van der Waals surface area (Å²) in [4.78, 5) is 28.5. The number of halogens is 1. The maximum absolute atomic E-state index is 13.6. The Morgan fingerprint density at radius 3 is 2.33 bits per heavy atom. The van der Waals surface area contributed by atoms with Crippen LogP contribution in [0.25, 0.3) is 5.76 Å². The van der Waals surface area contributed by atoms with Crippen molar-refractivity contribution in [3.05, 3.63) is 136 Å². The molecule has 1 atom stereocenters. The van der Waals surface area contributed by atoms with Crippen LogP contribution in [0.1, 0.15) is 28.3 Å². The van der Waals surface area contributed by atoms with Crippen molar-refractivity contribution in [1.82, 2.24) is 10.2 Å². The number of benzene rings is 4. The van der Waals surface area contributed by atoms with Gasteiger partial charge in [-0.2, -0.15) is 0 Å². The Morgan fingerprint density at radius 2 is 1.62 bits per heavy atom. The number of carbonyl (C=O) groups is 2. The van der Waals surface area contributed by atoms with Crippen LogP contribution in [0.2, 0.25) is 5.02 Å². The molecule has 1 aliphatic rings. The summed E-state index contributed by atoms with van der Waals surface area (Å²) < 4.78 is 12.3. The molecule has 5 aromatic rings. The normalized spacial score (nSPS) is 15.8. The van der Waals surface area contributed by atoms with E-state index in [1.807, 2.05) is 54.6 Å². The number of nitrogens with zero attached hydrogens (tertiary/aromatic N) is 3. The second kappa shape index (κ2) is 13.6. The van der Waals surface area contributed by atoms with Gasteiger partial charge in [-0.15, -0.1) is 10.2 Å². The zero-order chi connectivity index (χ0) is 31.3. The number of carbonyl (C=O) groups excluding carboxylic acids is 2. The number of ether oxygens (including phenoxy) is 2. The smallest absolute Gasteiger partial charge is 0.301 e. The average molecular weight is 656 g/mol. The molecule has 0 aliphatic carbocycles. The topological polar surface area (TPSA) is 102 Å². The van der Waals surface area contributed by atoms with Crippen LogP contribution < -0.4 is 14.4 Å². The fraction of sp³-hybridized carbons (Fsp3) is 0.118. The minimum absolute atomic E-state index is 0.0585. The third-order valence-electron chi connectivity index (χ3n) is 7.11. The van der Waals surface area contributed by atoms with E-state index in [9.17, 15) is 14.7 Å². The van der Waals surface area contributed by atoms with Crippen LogP contribution in [-0.2, 0) is 21.9 Å². The number of aliphatic hydroxyl groups is 1. The molecule has 2 heterocycles. The number of rotatable bonds is 10. The standard InChI is InChI=1S/C34H26ClN3O5S2/c1-42-27-18-24(14-17-26(27)43-19-21-8-4-2-5-9-21)29-28(30(39)23-10-6-3-7-11-23)31(40)32(41)38(29)33-36-37-34(45-33)44-20-22-12-15-25(35)16-13-22/h2-18,29,39H,19-20H2,1H3/b30-28-. The van der Waals surface area contributed by atoms with E-state index in [1.54, 1.807) is 48.5 Å². The number of hydrogen-bond donors (Lipinski definition) is 1. The van der Waals surface area contributed by atoms with Gasteiger partial charge in [-0.3, -0.25) is 14.5 Å². The first-order chi connectivity index (χ1) is 21.9. The van der Waals surface area contributed by atoms with Gasteiger partial charge in [-0.25, -0.2) is 0 Å². The van der Waals surface area contributed by atoms with Crippen LogP contribution in [0, 0.1) is 0 Å². The third kappa shape index (κ3) is 6.58. The molecule has 0 saturated carbocycles. The number of thioether (sulfide) groups is 1. The van der Waals surface area contributed by atoms with E-state index in [1.165, 1.54) is 35.1 Å². The Labute approximate surface area is 272 Å². The van der Waals surface area contributed by atoms with Gasteiger partial charge in [0.05, 0.1) is 18.7 Å². The predicted molar refractivity (Wildman–Crippen MR) is 176 cm³/mol. The number of anilines is 1. The quantitative estimate of drug-likeness (QED) is 0.0537. The number of aliphatic hydroxyl groups excluding tert-OH is 1. The molecule has 6 rings (SSSR count). The molecule has 8 nitrogen and oxygen atoms in total. The zero-order valence-electron chi connectivity index (χ0n) is 23.9. The van der Waals surface area contributed by atoms with Gasteiger partial charge in [0.1, 0.15) is 12.4 Å². The van der Waals surface area contributed by atoms with Gasteiger partial charge in [0, 0.05) is 16.3 Å². The molecule has 1 saturated heterocycles. The first kappa shape index (κ1) is 30.4. The van der Waals surface area contributed by atoms with E-state index in [0.29, 0.717) is 44.3 Å². The SMILES string of the molecule is COc1cc(C2/C(=C(/O)c3ccccc3)C(=O)C(=O)N2c2nnc(SCc3ccc(Cl)cc3)s2)ccc1OCc1ccccc1. The Bertz CT molecular complexity index is 1860. The number of methoxy groups -OCH3 is 1. The first-order valence-electron chi connectivity index (χ1n) is 13.8. The van der Waals surface area contributed by atoms with Gasteiger partial charge < -0.3 is 14.6 Å². The molecule has 1 amide bonds. The number of Topliss-reactive ketones (excluding diaryl/α,β-unsaturated/α-hetero) is 1. The lowest BCUT2D eigenvalue weighted by molar-refractivity contribution is -0.132. The Morgan fingerprint density at radius 1 is 0.911 bits per heavy atom. The summed E-state index contributed by atoms with van der Waals surface area (Å²) in [5.74, 6) is -0.413. The van der Waals surface area contributed by atoms with Gasteiger partial charge in [0.25, 0.3) is 5.78 Å². The maximum Gasteiger partial charge on any atom is 0.301 e. The second-order valence-corrected chi connectivity index (χ2v) is 12.6. The second-order valence-electron chi connectivity index (χ2n) is 9.99. The number of hydrogen-bond acceptors (Lipinski definition) is 9. The highest BCUT2D eigenvalue weighted by Gasteiger charge is 2.48. The molecule has 1 aromatic heterocycles. The van der Waals surface area contributed by atoms with E-state index in [2.05, 4.69) is 10.2 Å². The van der Waals surface area contributed by atoms with Crippen LogP contribution in [0.15, 0.2) is 113 Å². The van der Waals surface area contributed by atoms with E-state index in [0.717, 1.165) is 11.1 Å². The van der Waals surface area contributed by atoms with E-state index >= 15 is 0 Å². The highest BCUT2D eigenvalue weighted by Crippen LogP contribution is 2.45. The Hall–Kier alpha value is -4.64. The molecular formula is C34H26ClN3O5S2. The monoisotopic (exact) mass is 655 g/mol. The number of aromatic nitrogens is 2. The summed E-state index contributed by atoms with van der Waals surface area (Å²) in [6.07, 6.45) is 0. The molecule has 1 fully saturated rings. The molecule has 0 bridgehead atoms. The third-order valence-corrected chi connectivity index (χ3v) is 9.49. The lowest BCUT2D eigenvalue weighted by Gasteiger charge is -2.23. The van der Waals surface area contributed by atoms with Crippen molar-refractivity contribution in [1.29, 1.82) is 0 Å². The maximum atomic E-state index is 13.6. The highest BCUT2D eigenvalue weighted by molar-refractivity contribution is 8.00. The Kier molecular flexibility index (Phi) is 9.16. The van der Waals surface area contributed by atoms with Crippen molar-refractivity contribution >= 4 is 57.3 Å². The Balaban J connectivity index is 1.36. The molecule has 0 radical (unpaired) electrons. The van der Waals surface area contributed by atoms with Crippen molar-refractivity contribution < 1.29 is 24.2 Å². The summed E-state index contributed by atoms with van der Waals surface area (Å²) in [5, 5.41) is 20.9. The van der Waals surface area contributed by atoms with Crippen LogP contribution in [0.5, 0.6) is 11.5 Å². The molecule has 1 N–H and O–H groups in total. The van der Waals surface area contributed by atoms with Crippen LogP contribution in [0.4, 0.5) is 5.13 Å². The van der Waals surface area contributed by atoms with E-state index in [4.69, 9.17) is 21.1 Å². The predicted octanol–water partition coefficient (Wildman–Crippen LogP) is 7.70. The summed E-state index contributed by atoms with van der Waals surface area (Å²) in [5.41, 5.74) is 2.91. The molecule has 1 unspecified atom stereocenters. The van der Waals surface area contributed by atoms with Crippen LogP contribution >= 0.6 is 34.7 Å². The number of ketones is 1. The lowest BCUT2D eigenvalue weighted by atomic mass is 9.95. The van der Waals surface area contributed by atoms with E-state index < -0.39 is 17.7 Å². The van der Waals surface area contributed by atoms with Crippen molar-refractivity contribution in [2.24, 2.45) is 0 Å². The molecule has 45 heavy (non-hydrogen) atoms. The summed E-state index contributed by atoms with van der Waals surface area (Å²) >= 11 is 8.66. The summed E-state index contributed by atoms with van der Waals surface area (Å²) in [7, 11) is 1.52. The van der Waals surface area contributed by atoms with Crippen LogP contribution in [0.3, 0.4) is 0 Å². The molecular weight excluding hydrogens is 630 g/mol. The van der Waals surface area contributed by atoms with Crippen LogP contribution in [-0.4, -0.2) is 34.1 Å². The minimum Gasteiger partial charge on any atom is -0.507 e. The molecule has 4 aromatic carbocycles. The van der Waals surface area contributed by atoms with E-state index in [-0.39, 0.29) is 16.5 Å². The molecule has 1 aliphatic heterocycles. The van der Waals surface area contributed by atoms with Gasteiger partial charge in [0.2, 0.25) is 5.13 Å². The van der Waals surface area contributed by atoms with Crippen molar-refractivity contribution in [3.8, 4) is 11.5 Å². The van der Waals surface area contributed by atoms with Gasteiger partial charge in [-0.1, -0.05) is 114 Å². The van der Waals surface area contributed by atoms with Gasteiger partial charge in [0.15, 0.2) is 15.8 Å². The summed E-state index contributed by atoms with van der Waals surface area (Å²) in [6.45, 7) is 0.324. The molecule has 11 heteroatoms. The summed E-state index contributed by atoms with van der Waals surface area (Å²) in [6, 6.07) is 30.1. The average Bonchev–Trinajstić information content (AvgIpc) is 3.65. The highest BCUT2D eigenvalue weighted by atomic mass is 35.5. The zero-order valence-corrected chi connectivity index (χ0v) is 26.3. The minimum atomic E-state index is -0.996.